The third kappa shape index (κ3) is 5.01. The van der Waals surface area contributed by atoms with E-state index < -0.39 is 12.0 Å². The summed E-state index contributed by atoms with van der Waals surface area (Å²) >= 11 is 0. The van der Waals surface area contributed by atoms with Crippen LogP contribution in [0.5, 0.6) is 0 Å². The zero-order valence-electron chi connectivity index (χ0n) is 10.8. The summed E-state index contributed by atoms with van der Waals surface area (Å²) in [4.78, 5) is 24.0. The van der Waals surface area contributed by atoms with Crippen molar-refractivity contribution in [2.45, 2.75) is 31.7 Å². The second-order valence-corrected chi connectivity index (χ2v) is 4.81. The monoisotopic (exact) mass is 258 g/mol. The van der Waals surface area contributed by atoms with E-state index in [1.807, 2.05) is 0 Å². The van der Waals surface area contributed by atoms with Gasteiger partial charge in [0.1, 0.15) is 6.04 Å². The van der Waals surface area contributed by atoms with E-state index in [-0.39, 0.29) is 18.7 Å². The number of hydrogen-bond acceptors (Lipinski definition) is 4. The summed E-state index contributed by atoms with van der Waals surface area (Å²) in [5, 5.41) is 8.63. The number of hydrogen-bond donors (Lipinski definition) is 2. The molecule has 0 radical (unpaired) electrons. The van der Waals surface area contributed by atoms with E-state index in [1.165, 1.54) is 0 Å². The van der Waals surface area contributed by atoms with Gasteiger partial charge in [-0.2, -0.15) is 0 Å². The first kappa shape index (κ1) is 14.9. The molecular weight excluding hydrogens is 236 g/mol. The SMILES string of the molecule is CN(CC1CCOCC1)C(=O)CCC(N)C(=O)O. The van der Waals surface area contributed by atoms with Gasteiger partial charge in [0.05, 0.1) is 0 Å². The van der Waals surface area contributed by atoms with Gasteiger partial charge in [-0.1, -0.05) is 0 Å². The van der Waals surface area contributed by atoms with Gasteiger partial charge in [-0.15, -0.1) is 0 Å². The Hall–Kier alpha value is -1.14. The predicted molar refractivity (Wildman–Crippen MR) is 66.0 cm³/mol. The third-order valence-electron chi connectivity index (χ3n) is 3.29. The van der Waals surface area contributed by atoms with Crippen molar-refractivity contribution < 1.29 is 19.4 Å². The van der Waals surface area contributed by atoms with Crippen molar-refractivity contribution in [1.82, 2.24) is 4.90 Å². The van der Waals surface area contributed by atoms with Crippen molar-refractivity contribution in [3.63, 3.8) is 0 Å². The molecule has 0 bridgehead atoms. The summed E-state index contributed by atoms with van der Waals surface area (Å²) < 4.78 is 5.26. The minimum absolute atomic E-state index is 0.0433. The molecular formula is C12H22N2O4. The Kier molecular flexibility index (Phi) is 6.07. The highest BCUT2D eigenvalue weighted by molar-refractivity contribution is 5.78. The molecule has 0 spiro atoms. The molecule has 1 aliphatic rings. The Balaban J connectivity index is 2.25. The maximum atomic E-state index is 11.8. The number of aliphatic carboxylic acids is 1. The van der Waals surface area contributed by atoms with E-state index in [4.69, 9.17) is 15.6 Å². The topological polar surface area (TPSA) is 92.9 Å². The van der Waals surface area contributed by atoms with Gasteiger partial charge >= 0.3 is 5.97 Å². The normalized spacial score (nSPS) is 18.3. The molecule has 1 rings (SSSR count). The third-order valence-corrected chi connectivity index (χ3v) is 3.29. The largest absolute Gasteiger partial charge is 0.480 e. The molecule has 1 unspecified atom stereocenters. The van der Waals surface area contributed by atoms with Crippen molar-refractivity contribution in [3.8, 4) is 0 Å². The van der Waals surface area contributed by atoms with Gasteiger partial charge in [0.25, 0.3) is 0 Å². The van der Waals surface area contributed by atoms with Crippen LogP contribution in [0.25, 0.3) is 0 Å². The first-order valence-corrected chi connectivity index (χ1v) is 6.30. The number of rotatable bonds is 6. The number of carboxylic acid groups (broad SMARTS) is 1. The molecule has 3 N–H and O–H groups in total. The van der Waals surface area contributed by atoms with E-state index in [0.29, 0.717) is 12.5 Å². The number of nitrogens with two attached hydrogens (primary N) is 1. The first-order chi connectivity index (χ1) is 8.50. The predicted octanol–water partition coefficient (Wildman–Crippen LogP) is 0.0635. The lowest BCUT2D eigenvalue weighted by molar-refractivity contribution is -0.139. The molecule has 1 atom stereocenters. The lowest BCUT2D eigenvalue weighted by Gasteiger charge is -2.27. The van der Waals surface area contributed by atoms with E-state index in [1.54, 1.807) is 11.9 Å². The van der Waals surface area contributed by atoms with Crippen molar-refractivity contribution in [1.29, 1.82) is 0 Å². The molecule has 104 valence electrons. The van der Waals surface area contributed by atoms with E-state index >= 15 is 0 Å². The average Bonchev–Trinajstić information content (AvgIpc) is 2.36. The molecule has 18 heavy (non-hydrogen) atoms. The second kappa shape index (κ2) is 7.33. The first-order valence-electron chi connectivity index (χ1n) is 6.30. The van der Waals surface area contributed by atoms with Crippen molar-refractivity contribution in [3.05, 3.63) is 0 Å². The van der Waals surface area contributed by atoms with Gasteiger partial charge in [0.2, 0.25) is 5.91 Å². The number of carbonyl (C=O) groups is 2. The highest BCUT2D eigenvalue weighted by Crippen LogP contribution is 2.16. The molecule has 0 aromatic rings. The number of nitrogens with zero attached hydrogens (tertiary/aromatic N) is 1. The molecule has 1 heterocycles. The van der Waals surface area contributed by atoms with Gasteiger partial charge in [-0.05, 0) is 25.2 Å². The molecule has 1 saturated heterocycles. The van der Waals surface area contributed by atoms with Crippen LogP contribution in [0.2, 0.25) is 0 Å². The van der Waals surface area contributed by atoms with Crippen LogP contribution in [-0.4, -0.2) is 54.7 Å². The standard InChI is InChI=1S/C12H22N2O4/c1-14(8-9-4-6-18-7-5-9)11(15)3-2-10(13)12(16)17/h9-10H,2-8,13H2,1H3,(H,16,17). The summed E-state index contributed by atoms with van der Waals surface area (Å²) in [6, 6.07) is -0.953. The number of carboxylic acids is 1. The summed E-state index contributed by atoms with van der Waals surface area (Å²) in [6.45, 7) is 2.23. The van der Waals surface area contributed by atoms with Crippen LogP contribution >= 0.6 is 0 Å². The van der Waals surface area contributed by atoms with Crippen LogP contribution in [0.4, 0.5) is 0 Å². The van der Waals surface area contributed by atoms with Crippen LogP contribution in [0, 0.1) is 5.92 Å². The molecule has 1 amide bonds. The molecule has 0 saturated carbocycles. The number of ether oxygens (including phenoxy) is 1. The summed E-state index contributed by atoms with van der Waals surface area (Å²) in [6.07, 6.45) is 2.33. The van der Waals surface area contributed by atoms with Crippen LogP contribution in [0.3, 0.4) is 0 Å². The van der Waals surface area contributed by atoms with Crippen molar-refractivity contribution in [2.75, 3.05) is 26.8 Å². The molecule has 1 aliphatic heterocycles. The summed E-state index contributed by atoms with van der Waals surface area (Å²) in [7, 11) is 1.75. The Morgan fingerprint density at radius 1 is 1.44 bits per heavy atom. The van der Waals surface area contributed by atoms with E-state index in [2.05, 4.69) is 0 Å². The Labute approximate surface area is 107 Å². The Morgan fingerprint density at radius 3 is 2.61 bits per heavy atom. The van der Waals surface area contributed by atoms with Gasteiger partial charge in [0, 0.05) is 33.2 Å². The Morgan fingerprint density at radius 2 is 2.06 bits per heavy atom. The van der Waals surface area contributed by atoms with E-state index in [9.17, 15) is 9.59 Å². The fraction of sp³-hybridized carbons (Fsp3) is 0.833. The average molecular weight is 258 g/mol. The maximum Gasteiger partial charge on any atom is 0.320 e. The van der Waals surface area contributed by atoms with Crippen molar-refractivity contribution in [2.24, 2.45) is 11.7 Å². The Bertz CT molecular complexity index is 290. The van der Waals surface area contributed by atoms with Gasteiger partial charge < -0.3 is 20.5 Å². The molecule has 6 heteroatoms. The summed E-state index contributed by atoms with van der Waals surface area (Å²) in [5.41, 5.74) is 5.36. The van der Waals surface area contributed by atoms with Gasteiger partial charge in [-0.3, -0.25) is 9.59 Å². The lowest BCUT2D eigenvalue weighted by atomic mass is 9.99. The quantitative estimate of drug-likeness (QED) is 0.703. The number of carbonyl (C=O) groups excluding carboxylic acids is 1. The van der Waals surface area contributed by atoms with Crippen LogP contribution in [0.1, 0.15) is 25.7 Å². The fourth-order valence-corrected chi connectivity index (χ4v) is 2.01. The zero-order valence-corrected chi connectivity index (χ0v) is 10.8. The zero-order chi connectivity index (χ0) is 13.5. The van der Waals surface area contributed by atoms with Gasteiger partial charge in [0.15, 0.2) is 0 Å². The summed E-state index contributed by atoms with van der Waals surface area (Å²) in [5.74, 6) is -0.617. The smallest absolute Gasteiger partial charge is 0.320 e. The highest BCUT2D eigenvalue weighted by Gasteiger charge is 2.20. The minimum Gasteiger partial charge on any atom is -0.480 e. The van der Waals surface area contributed by atoms with E-state index in [0.717, 1.165) is 26.1 Å². The molecule has 6 nitrogen and oxygen atoms in total. The minimum atomic E-state index is -1.06. The van der Waals surface area contributed by atoms with Gasteiger partial charge in [-0.25, -0.2) is 0 Å². The van der Waals surface area contributed by atoms with Crippen LogP contribution in [0.15, 0.2) is 0 Å². The number of amides is 1. The van der Waals surface area contributed by atoms with Crippen molar-refractivity contribution >= 4 is 11.9 Å². The van der Waals surface area contributed by atoms with Crippen LogP contribution in [-0.2, 0) is 14.3 Å². The molecule has 0 aromatic heterocycles. The maximum absolute atomic E-state index is 11.8. The molecule has 1 fully saturated rings. The molecule has 0 aliphatic carbocycles. The lowest BCUT2D eigenvalue weighted by Crippen LogP contribution is -2.36. The fourth-order valence-electron chi connectivity index (χ4n) is 2.01. The second-order valence-electron chi connectivity index (χ2n) is 4.81. The highest BCUT2D eigenvalue weighted by atomic mass is 16.5. The molecule has 0 aromatic carbocycles. The van der Waals surface area contributed by atoms with Crippen LogP contribution < -0.4 is 5.73 Å².